The Morgan fingerprint density at radius 1 is 1.05 bits per heavy atom. The van der Waals surface area contributed by atoms with Gasteiger partial charge in [0.1, 0.15) is 5.75 Å². The standard InChI is InChI=1S/C18H23NO2/c1-13(12-15-8-4-7-11-18(15)21-3)19-17-10-6-5-9-16(17)14(2)20/h4-11,13-14,19-20H,12H2,1-3H3. The van der Waals surface area contributed by atoms with Gasteiger partial charge in [0.05, 0.1) is 13.2 Å². The number of ether oxygens (including phenoxy) is 1. The van der Waals surface area contributed by atoms with Crippen LogP contribution in [0, 0.1) is 0 Å². The van der Waals surface area contributed by atoms with Crippen molar-refractivity contribution in [3.63, 3.8) is 0 Å². The van der Waals surface area contributed by atoms with Crippen LogP contribution < -0.4 is 10.1 Å². The number of hydrogen-bond donors (Lipinski definition) is 2. The van der Waals surface area contributed by atoms with E-state index in [0.717, 1.165) is 23.4 Å². The highest BCUT2D eigenvalue weighted by Crippen LogP contribution is 2.25. The van der Waals surface area contributed by atoms with Crippen molar-refractivity contribution in [3.05, 3.63) is 59.7 Å². The Morgan fingerprint density at radius 3 is 2.43 bits per heavy atom. The molecular formula is C18H23NO2. The Kier molecular flexibility index (Phi) is 5.23. The molecule has 2 unspecified atom stereocenters. The first-order chi connectivity index (χ1) is 10.1. The molecule has 3 nitrogen and oxygen atoms in total. The molecule has 0 bridgehead atoms. The quantitative estimate of drug-likeness (QED) is 0.848. The third kappa shape index (κ3) is 3.99. The second-order valence-electron chi connectivity index (χ2n) is 5.32. The smallest absolute Gasteiger partial charge is 0.122 e. The molecule has 2 aromatic rings. The maximum Gasteiger partial charge on any atom is 0.122 e. The van der Waals surface area contributed by atoms with Gasteiger partial charge in [-0.05, 0) is 38.0 Å². The normalized spacial score (nSPS) is 13.5. The van der Waals surface area contributed by atoms with Crippen LogP contribution in [0.15, 0.2) is 48.5 Å². The van der Waals surface area contributed by atoms with Crippen LogP contribution in [0.25, 0.3) is 0 Å². The molecule has 0 spiro atoms. The molecule has 2 N–H and O–H groups in total. The van der Waals surface area contributed by atoms with Crippen LogP contribution in [0.5, 0.6) is 5.75 Å². The number of benzene rings is 2. The molecule has 0 heterocycles. The zero-order valence-corrected chi connectivity index (χ0v) is 12.8. The number of methoxy groups -OCH3 is 1. The van der Waals surface area contributed by atoms with Gasteiger partial charge in [0.25, 0.3) is 0 Å². The van der Waals surface area contributed by atoms with Crippen molar-refractivity contribution in [3.8, 4) is 5.75 Å². The van der Waals surface area contributed by atoms with Crippen LogP contribution in [-0.2, 0) is 6.42 Å². The summed E-state index contributed by atoms with van der Waals surface area (Å²) in [5.74, 6) is 0.912. The van der Waals surface area contributed by atoms with Gasteiger partial charge in [0, 0.05) is 17.3 Å². The Labute approximate surface area is 126 Å². The lowest BCUT2D eigenvalue weighted by Crippen LogP contribution is -2.19. The second kappa shape index (κ2) is 7.14. The minimum Gasteiger partial charge on any atom is -0.496 e. The Bertz CT molecular complexity index is 581. The number of anilines is 1. The highest BCUT2D eigenvalue weighted by Gasteiger charge is 2.11. The van der Waals surface area contributed by atoms with Gasteiger partial charge >= 0.3 is 0 Å². The molecule has 0 radical (unpaired) electrons. The lowest BCUT2D eigenvalue weighted by Gasteiger charge is -2.20. The summed E-state index contributed by atoms with van der Waals surface area (Å²) in [7, 11) is 1.69. The van der Waals surface area contributed by atoms with E-state index in [0.29, 0.717) is 0 Å². The summed E-state index contributed by atoms with van der Waals surface area (Å²) in [6.07, 6.45) is 0.380. The summed E-state index contributed by atoms with van der Waals surface area (Å²) in [4.78, 5) is 0. The van der Waals surface area contributed by atoms with Gasteiger partial charge in [-0.25, -0.2) is 0 Å². The molecule has 0 aliphatic heterocycles. The fourth-order valence-corrected chi connectivity index (χ4v) is 2.51. The zero-order chi connectivity index (χ0) is 15.2. The summed E-state index contributed by atoms with van der Waals surface area (Å²) >= 11 is 0. The van der Waals surface area contributed by atoms with E-state index in [1.165, 1.54) is 5.56 Å². The van der Waals surface area contributed by atoms with E-state index >= 15 is 0 Å². The predicted octanol–water partition coefficient (Wildman–Crippen LogP) is 3.79. The number of aliphatic hydroxyl groups is 1. The maximum atomic E-state index is 9.83. The number of hydrogen-bond acceptors (Lipinski definition) is 3. The minimum absolute atomic E-state index is 0.237. The van der Waals surface area contributed by atoms with Crippen molar-refractivity contribution in [1.29, 1.82) is 0 Å². The van der Waals surface area contributed by atoms with E-state index in [1.54, 1.807) is 14.0 Å². The Morgan fingerprint density at radius 2 is 1.71 bits per heavy atom. The molecule has 0 fully saturated rings. The fraction of sp³-hybridized carbons (Fsp3) is 0.333. The van der Waals surface area contributed by atoms with Crippen molar-refractivity contribution in [1.82, 2.24) is 0 Å². The molecular weight excluding hydrogens is 262 g/mol. The zero-order valence-electron chi connectivity index (χ0n) is 12.8. The largest absolute Gasteiger partial charge is 0.496 e. The van der Waals surface area contributed by atoms with Gasteiger partial charge in [-0.3, -0.25) is 0 Å². The molecule has 0 aliphatic carbocycles. The topological polar surface area (TPSA) is 41.5 Å². The average Bonchev–Trinajstić information content (AvgIpc) is 2.48. The molecule has 0 saturated carbocycles. The van der Waals surface area contributed by atoms with E-state index < -0.39 is 6.10 Å². The van der Waals surface area contributed by atoms with Crippen LogP contribution in [0.4, 0.5) is 5.69 Å². The van der Waals surface area contributed by atoms with Crippen LogP contribution in [0.3, 0.4) is 0 Å². The SMILES string of the molecule is COc1ccccc1CC(C)Nc1ccccc1C(C)O. The van der Waals surface area contributed by atoms with Crippen LogP contribution in [-0.4, -0.2) is 18.3 Å². The first-order valence-electron chi connectivity index (χ1n) is 7.27. The van der Waals surface area contributed by atoms with Gasteiger partial charge in [-0.15, -0.1) is 0 Å². The Balaban J connectivity index is 2.10. The molecule has 0 amide bonds. The third-order valence-electron chi connectivity index (χ3n) is 3.53. The predicted molar refractivity (Wildman–Crippen MR) is 86.9 cm³/mol. The van der Waals surface area contributed by atoms with Crippen LogP contribution in [0.1, 0.15) is 31.1 Å². The fourth-order valence-electron chi connectivity index (χ4n) is 2.51. The van der Waals surface area contributed by atoms with Gasteiger partial charge in [-0.2, -0.15) is 0 Å². The average molecular weight is 285 g/mol. The number of aliphatic hydroxyl groups excluding tert-OH is 1. The molecule has 0 aliphatic rings. The summed E-state index contributed by atoms with van der Waals surface area (Å²) in [5.41, 5.74) is 3.08. The molecule has 3 heteroatoms. The van der Waals surface area contributed by atoms with Gasteiger partial charge in [-0.1, -0.05) is 36.4 Å². The lowest BCUT2D eigenvalue weighted by atomic mass is 10.0. The van der Waals surface area contributed by atoms with E-state index in [9.17, 15) is 5.11 Å². The maximum absolute atomic E-state index is 9.83. The van der Waals surface area contributed by atoms with E-state index in [1.807, 2.05) is 42.5 Å². The molecule has 2 atom stereocenters. The van der Waals surface area contributed by atoms with Gasteiger partial charge in [0.2, 0.25) is 0 Å². The summed E-state index contributed by atoms with van der Waals surface area (Å²) in [6, 6.07) is 16.2. The van der Waals surface area contributed by atoms with Crippen molar-refractivity contribution in [2.24, 2.45) is 0 Å². The van der Waals surface area contributed by atoms with E-state index in [2.05, 4.69) is 18.3 Å². The molecule has 112 valence electrons. The van der Waals surface area contributed by atoms with Crippen LogP contribution in [0.2, 0.25) is 0 Å². The lowest BCUT2D eigenvalue weighted by molar-refractivity contribution is 0.200. The highest BCUT2D eigenvalue weighted by molar-refractivity contribution is 5.53. The monoisotopic (exact) mass is 285 g/mol. The van der Waals surface area contributed by atoms with Crippen molar-refractivity contribution >= 4 is 5.69 Å². The number of nitrogens with one attached hydrogen (secondary N) is 1. The number of para-hydroxylation sites is 2. The third-order valence-corrected chi connectivity index (χ3v) is 3.53. The Hall–Kier alpha value is -2.00. The van der Waals surface area contributed by atoms with E-state index in [-0.39, 0.29) is 6.04 Å². The van der Waals surface area contributed by atoms with Crippen molar-refractivity contribution in [2.45, 2.75) is 32.4 Å². The molecule has 2 rings (SSSR count). The van der Waals surface area contributed by atoms with Crippen LogP contribution >= 0.6 is 0 Å². The molecule has 0 aromatic heterocycles. The summed E-state index contributed by atoms with van der Waals surface area (Å²) in [6.45, 7) is 3.91. The first-order valence-corrected chi connectivity index (χ1v) is 7.27. The highest BCUT2D eigenvalue weighted by atomic mass is 16.5. The van der Waals surface area contributed by atoms with Gasteiger partial charge in [0.15, 0.2) is 0 Å². The first kappa shape index (κ1) is 15.4. The minimum atomic E-state index is -0.479. The number of rotatable bonds is 6. The second-order valence-corrected chi connectivity index (χ2v) is 5.32. The van der Waals surface area contributed by atoms with Crippen molar-refractivity contribution in [2.75, 3.05) is 12.4 Å². The molecule has 0 saturated heterocycles. The summed E-state index contributed by atoms with van der Waals surface area (Å²) in [5, 5.41) is 13.3. The molecule has 21 heavy (non-hydrogen) atoms. The molecule has 2 aromatic carbocycles. The van der Waals surface area contributed by atoms with E-state index in [4.69, 9.17) is 4.74 Å². The van der Waals surface area contributed by atoms with Gasteiger partial charge < -0.3 is 15.2 Å². The van der Waals surface area contributed by atoms with Crippen molar-refractivity contribution < 1.29 is 9.84 Å². The summed E-state index contributed by atoms with van der Waals surface area (Å²) < 4.78 is 5.39.